The van der Waals surface area contributed by atoms with E-state index >= 15 is 0 Å². The molecule has 1 unspecified atom stereocenters. The maximum Gasteiger partial charge on any atom is 0.325 e. The van der Waals surface area contributed by atoms with Gasteiger partial charge in [0.25, 0.3) is 5.91 Å². The zero-order valence-electron chi connectivity index (χ0n) is 17.9. The van der Waals surface area contributed by atoms with Crippen molar-refractivity contribution in [3.63, 3.8) is 0 Å². The molecule has 7 heteroatoms. The zero-order valence-corrected chi connectivity index (χ0v) is 18.7. The molecule has 3 aromatic carbocycles. The van der Waals surface area contributed by atoms with Gasteiger partial charge in [0.1, 0.15) is 12.1 Å². The van der Waals surface area contributed by atoms with Crippen molar-refractivity contribution in [3.8, 4) is 0 Å². The van der Waals surface area contributed by atoms with Gasteiger partial charge >= 0.3 is 6.03 Å². The van der Waals surface area contributed by atoms with Gasteiger partial charge in [-0.25, -0.2) is 4.79 Å². The minimum Gasteiger partial charge on any atom is -0.323 e. The molecule has 5 rings (SSSR count). The van der Waals surface area contributed by atoms with Crippen LogP contribution in [0.15, 0.2) is 88.7 Å². The Morgan fingerprint density at radius 3 is 2.45 bits per heavy atom. The van der Waals surface area contributed by atoms with Crippen molar-refractivity contribution in [2.45, 2.75) is 34.6 Å². The van der Waals surface area contributed by atoms with Gasteiger partial charge in [0.05, 0.1) is 5.69 Å². The Morgan fingerprint density at radius 2 is 1.64 bits per heavy atom. The van der Waals surface area contributed by atoms with Crippen LogP contribution in [-0.2, 0) is 22.4 Å². The van der Waals surface area contributed by atoms with Gasteiger partial charge in [0, 0.05) is 16.2 Å². The molecule has 1 aliphatic heterocycles. The lowest BCUT2D eigenvalue weighted by atomic mass is 9.78. The van der Waals surface area contributed by atoms with Crippen LogP contribution in [0.1, 0.15) is 17.5 Å². The number of nitrogens with one attached hydrogen (secondary N) is 2. The fourth-order valence-corrected chi connectivity index (χ4v) is 5.38. The van der Waals surface area contributed by atoms with Crippen molar-refractivity contribution in [1.82, 2.24) is 10.2 Å². The molecular formula is C26H23N3O3S. The lowest BCUT2D eigenvalue weighted by Gasteiger charge is -2.32. The molecule has 33 heavy (non-hydrogen) atoms. The summed E-state index contributed by atoms with van der Waals surface area (Å²) >= 11 is 1.54. The fraction of sp³-hybridized carbons (Fsp3) is 0.192. The summed E-state index contributed by atoms with van der Waals surface area (Å²) in [4.78, 5) is 41.7. The standard InChI is InChI=1S/C26H23N3O3S/c30-23(27-21-12-6-7-13-22(21)33-20-10-2-1-3-11-20)17-29-24(31)26(28-25(29)32)15-14-18-8-4-5-9-19(18)16-26/h1-13H,14-17H2,(H,27,30)(H,28,32). The average molecular weight is 458 g/mol. The summed E-state index contributed by atoms with van der Waals surface area (Å²) in [5, 5.41) is 5.75. The highest BCUT2D eigenvalue weighted by Crippen LogP contribution is 2.35. The molecule has 166 valence electrons. The van der Waals surface area contributed by atoms with E-state index in [-0.39, 0.29) is 12.5 Å². The highest BCUT2D eigenvalue weighted by atomic mass is 32.2. The highest BCUT2D eigenvalue weighted by molar-refractivity contribution is 7.99. The molecule has 0 saturated carbocycles. The summed E-state index contributed by atoms with van der Waals surface area (Å²) in [5.41, 5.74) is 1.95. The van der Waals surface area contributed by atoms with Crippen LogP contribution in [0.5, 0.6) is 0 Å². The minimum absolute atomic E-state index is 0.321. The molecule has 3 aromatic rings. The molecular weight excluding hydrogens is 434 g/mol. The Morgan fingerprint density at radius 1 is 0.939 bits per heavy atom. The number of imide groups is 1. The van der Waals surface area contributed by atoms with Crippen molar-refractivity contribution in [1.29, 1.82) is 0 Å². The van der Waals surface area contributed by atoms with E-state index in [4.69, 9.17) is 0 Å². The molecule has 1 saturated heterocycles. The summed E-state index contributed by atoms with van der Waals surface area (Å²) in [5.74, 6) is -0.739. The Hall–Kier alpha value is -3.58. The van der Waals surface area contributed by atoms with Crippen LogP contribution >= 0.6 is 11.8 Å². The lowest BCUT2D eigenvalue weighted by molar-refractivity contribution is -0.134. The van der Waals surface area contributed by atoms with E-state index in [9.17, 15) is 14.4 Å². The predicted molar refractivity (Wildman–Crippen MR) is 127 cm³/mol. The van der Waals surface area contributed by atoms with Gasteiger partial charge in [-0.05, 0) is 48.2 Å². The van der Waals surface area contributed by atoms with Crippen LogP contribution in [0.25, 0.3) is 0 Å². The van der Waals surface area contributed by atoms with E-state index in [0.717, 1.165) is 20.3 Å². The Balaban J connectivity index is 1.28. The number of hydrogen-bond donors (Lipinski definition) is 2. The highest BCUT2D eigenvalue weighted by Gasteiger charge is 2.52. The summed E-state index contributed by atoms with van der Waals surface area (Å²) < 4.78 is 0. The van der Waals surface area contributed by atoms with Crippen molar-refractivity contribution in [2.75, 3.05) is 11.9 Å². The molecule has 2 aliphatic rings. The number of fused-ring (bicyclic) bond motifs is 1. The third-order valence-electron chi connectivity index (χ3n) is 6.11. The van der Waals surface area contributed by atoms with Crippen molar-refractivity contribution < 1.29 is 14.4 Å². The maximum absolute atomic E-state index is 13.3. The fourth-order valence-electron chi connectivity index (χ4n) is 4.45. The molecule has 1 aliphatic carbocycles. The molecule has 1 fully saturated rings. The van der Waals surface area contributed by atoms with Gasteiger partial charge in [-0.1, -0.05) is 66.4 Å². The van der Waals surface area contributed by atoms with Gasteiger partial charge in [0.15, 0.2) is 0 Å². The summed E-state index contributed by atoms with van der Waals surface area (Å²) in [7, 11) is 0. The molecule has 1 heterocycles. The first-order chi connectivity index (χ1) is 16.0. The van der Waals surface area contributed by atoms with E-state index < -0.39 is 17.5 Å². The number of nitrogens with zero attached hydrogens (tertiary/aromatic N) is 1. The number of hydrogen-bond acceptors (Lipinski definition) is 4. The molecule has 0 radical (unpaired) electrons. The number of carbonyl (C=O) groups is 3. The number of carbonyl (C=O) groups excluding carboxylic acids is 3. The van der Waals surface area contributed by atoms with Crippen molar-refractivity contribution in [2.24, 2.45) is 0 Å². The number of anilines is 1. The van der Waals surface area contributed by atoms with E-state index in [0.29, 0.717) is 24.9 Å². The first-order valence-electron chi connectivity index (χ1n) is 10.9. The number of amides is 4. The van der Waals surface area contributed by atoms with Crippen LogP contribution in [0, 0.1) is 0 Å². The molecule has 2 N–H and O–H groups in total. The second-order valence-electron chi connectivity index (χ2n) is 8.31. The van der Waals surface area contributed by atoms with Gasteiger partial charge in [-0.3, -0.25) is 14.5 Å². The summed E-state index contributed by atoms with van der Waals surface area (Å²) in [6, 6.07) is 24.8. The van der Waals surface area contributed by atoms with Crippen molar-refractivity contribution >= 4 is 35.3 Å². The van der Waals surface area contributed by atoms with Crippen LogP contribution < -0.4 is 10.6 Å². The van der Waals surface area contributed by atoms with Crippen LogP contribution in [0.4, 0.5) is 10.5 Å². The van der Waals surface area contributed by atoms with Crippen LogP contribution in [0.3, 0.4) is 0 Å². The van der Waals surface area contributed by atoms with Crippen molar-refractivity contribution in [3.05, 3.63) is 90.0 Å². The maximum atomic E-state index is 13.3. The Bertz CT molecular complexity index is 1230. The molecule has 0 aromatic heterocycles. The third-order valence-corrected chi connectivity index (χ3v) is 7.20. The number of aryl methyl sites for hydroxylation is 1. The van der Waals surface area contributed by atoms with Gasteiger partial charge in [-0.15, -0.1) is 0 Å². The van der Waals surface area contributed by atoms with E-state index in [1.807, 2.05) is 72.8 Å². The summed E-state index contributed by atoms with van der Waals surface area (Å²) in [6.45, 7) is -0.321. The number of rotatable bonds is 5. The normalized spacial score (nSPS) is 19.3. The van der Waals surface area contributed by atoms with E-state index in [1.54, 1.807) is 0 Å². The Labute approximate surface area is 196 Å². The zero-order chi connectivity index (χ0) is 22.8. The lowest BCUT2D eigenvalue weighted by Crippen LogP contribution is -2.51. The monoisotopic (exact) mass is 457 g/mol. The number of para-hydroxylation sites is 1. The first-order valence-corrected chi connectivity index (χ1v) is 11.7. The van der Waals surface area contributed by atoms with Gasteiger partial charge < -0.3 is 10.6 Å². The van der Waals surface area contributed by atoms with E-state index in [1.165, 1.54) is 17.3 Å². The molecule has 0 bridgehead atoms. The first kappa shape index (κ1) is 21.3. The molecule has 6 nitrogen and oxygen atoms in total. The largest absolute Gasteiger partial charge is 0.325 e. The van der Waals surface area contributed by atoms with Crippen LogP contribution in [-0.4, -0.2) is 34.8 Å². The SMILES string of the molecule is O=C(CN1C(=O)NC2(CCc3ccccc3C2)C1=O)Nc1ccccc1Sc1ccccc1. The molecule has 1 spiro atoms. The van der Waals surface area contributed by atoms with Gasteiger partial charge in [0.2, 0.25) is 5.91 Å². The second kappa shape index (κ2) is 8.75. The third kappa shape index (κ3) is 4.24. The second-order valence-corrected chi connectivity index (χ2v) is 9.42. The minimum atomic E-state index is -0.965. The summed E-state index contributed by atoms with van der Waals surface area (Å²) in [6.07, 6.45) is 1.69. The van der Waals surface area contributed by atoms with E-state index in [2.05, 4.69) is 16.7 Å². The Kier molecular flexibility index (Phi) is 5.64. The molecule has 1 atom stereocenters. The quantitative estimate of drug-likeness (QED) is 0.562. The average Bonchev–Trinajstić information content (AvgIpc) is 3.04. The number of benzene rings is 3. The smallest absolute Gasteiger partial charge is 0.323 e. The van der Waals surface area contributed by atoms with Crippen LogP contribution in [0.2, 0.25) is 0 Å². The molecule has 4 amide bonds. The topological polar surface area (TPSA) is 78.5 Å². The predicted octanol–water partition coefficient (Wildman–Crippen LogP) is 4.26. The van der Waals surface area contributed by atoms with Gasteiger partial charge in [-0.2, -0.15) is 0 Å². The number of urea groups is 1.